The lowest BCUT2D eigenvalue weighted by Gasteiger charge is -2.10. The normalized spacial score (nSPS) is 20.2. The highest BCUT2D eigenvalue weighted by Gasteiger charge is 2.13. The first-order valence-electron chi connectivity index (χ1n) is 6.09. The van der Waals surface area contributed by atoms with Gasteiger partial charge in [-0.25, -0.2) is 0 Å². The highest BCUT2D eigenvalue weighted by atomic mass is 16.5. The Morgan fingerprint density at radius 3 is 2.62 bits per heavy atom. The van der Waals surface area contributed by atoms with E-state index in [0.717, 1.165) is 26.3 Å². The van der Waals surface area contributed by atoms with Gasteiger partial charge in [-0.3, -0.25) is 0 Å². The molecular weight excluding hydrogens is 198 g/mol. The zero-order valence-corrected chi connectivity index (χ0v) is 10.3. The highest BCUT2D eigenvalue weighted by Crippen LogP contribution is 2.12. The van der Waals surface area contributed by atoms with Crippen molar-refractivity contribution in [1.82, 2.24) is 5.32 Å². The van der Waals surface area contributed by atoms with E-state index in [2.05, 4.69) is 37.4 Å². The fraction of sp³-hybridized carbons (Fsp3) is 0.571. The summed E-state index contributed by atoms with van der Waals surface area (Å²) in [5.41, 5.74) is 3.94. The standard InChI is InChI=1S/C14H21NO/c1-11-5-12(2)7-14(6-11)10-16-9-13-3-4-15-8-13/h5-7,13,15H,3-4,8-10H2,1-2H3. The average molecular weight is 219 g/mol. The largest absolute Gasteiger partial charge is 0.376 e. The molecule has 88 valence electrons. The fourth-order valence-corrected chi connectivity index (χ4v) is 2.35. The van der Waals surface area contributed by atoms with Crippen LogP contribution in [-0.2, 0) is 11.3 Å². The number of nitrogens with one attached hydrogen (secondary N) is 1. The molecule has 2 nitrogen and oxygen atoms in total. The van der Waals surface area contributed by atoms with Crippen molar-refractivity contribution in [1.29, 1.82) is 0 Å². The molecule has 1 aromatic carbocycles. The Hall–Kier alpha value is -0.860. The van der Waals surface area contributed by atoms with Gasteiger partial charge in [0.25, 0.3) is 0 Å². The van der Waals surface area contributed by atoms with Crippen LogP contribution in [0.3, 0.4) is 0 Å². The van der Waals surface area contributed by atoms with Crippen molar-refractivity contribution in [2.75, 3.05) is 19.7 Å². The molecule has 1 aromatic rings. The molecule has 0 spiro atoms. The van der Waals surface area contributed by atoms with Gasteiger partial charge in [-0.1, -0.05) is 29.3 Å². The van der Waals surface area contributed by atoms with Gasteiger partial charge in [-0.05, 0) is 38.3 Å². The zero-order chi connectivity index (χ0) is 11.4. The van der Waals surface area contributed by atoms with Crippen molar-refractivity contribution in [2.45, 2.75) is 26.9 Å². The maximum absolute atomic E-state index is 5.77. The second-order valence-electron chi connectivity index (χ2n) is 4.87. The number of rotatable bonds is 4. The van der Waals surface area contributed by atoms with Crippen LogP contribution in [0.1, 0.15) is 23.1 Å². The fourth-order valence-electron chi connectivity index (χ4n) is 2.35. The number of benzene rings is 1. The molecule has 0 aromatic heterocycles. The third-order valence-electron chi connectivity index (χ3n) is 3.07. The molecule has 1 fully saturated rings. The van der Waals surface area contributed by atoms with E-state index in [4.69, 9.17) is 4.74 Å². The minimum absolute atomic E-state index is 0.714. The summed E-state index contributed by atoms with van der Waals surface area (Å²) < 4.78 is 5.77. The first-order chi connectivity index (χ1) is 7.74. The lowest BCUT2D eigenvalue weighted by molar-refractivity contribution is 0.0924. The molecule has 0 radical (unpaired) electrons. The topological polar surface area (TPSA) is 21.3 Å². The average Bonchev–Trinajstić information content (AvgIpc) is 2.69. The van der Waals surface area contributed by atoms with Crippen molar-refractivity contribution in [3.8, 4) is 0 Å². The number of hydrogen-bond donors (Lipinski definition) is 1. The molecule has 1 aliphatic heterocycles. The maximum atomic E-state index is 5.77. The van der Waals surface area contributed by atoms with E-state index < -0.39 is 0 Å². The lowest BCUT2D eigenvalue weighted by atomic mass is 10.1. The Balaban J connectivity index is 1.80. The van der Waals surface area contributed by atoms with Crippen molar-refractivity contribution < 1.29 is 4.74 Å². The van der Waals surface area contributed by atoms with E-state index in [9.17, 15) is 0 Å². The quantitative estimate of drug-likeness (QED) is 0.839. The highest BCUT2D eigenvalue weighted by molar-refractivity contribution is 5.27. The first-order valence-corrected chi connectivity index (χ1v) is 6.09. The van der Waals surface area contributed by atoms with Crippen LogP contribution in [0.5, 0.6) is 0 Å². The lowest BCUT2D eigenvalue weighted by Crippen LogP contribution is -2.13. The van der Waals surface area contributed by atoms with Gasteiger partial charge in [0.2, 0.25) is 0 Å². The summed E-state index contributed by atoms with van der Waals surface area (Å²) in [6.07, 6.45) is 1.26. The Bertz CT molecular complexity index is 322. The molecule has 1 saturated heterocycles. The van der Waals surface area contributed by atoms with Crippen molar-refractivity contribution in [3.63, 3.8) is 0 Å². The van der Waals surface area contributed by atoms with E-state index in [-0.39, 0.29) is 0 Å². The molecule has 16 heavy (non-hydrogen) atoms. The van der Waals surface area contributed by atoms with Gasteiger partial charge in [0, 0.05) is 6.54 Å². The Morgan fingerprint density at radius 2 is 2.00 bits per heavy atom. The van der Waals surface area contributed by atoms with Crippen LogP contribution in [0, 0.1) is 19.8 Å². The summed E-state index contributed by atoms with van der Waals surface area (Å²) in [6, 6.07) is 6.62. The van der Waals surface area contributed by atoms with Crippen LogP contribution >= 0.6 is 0 Å². The molecule has 2 heteroatoms. The predicted octanol–water partition coefficient (Wildman–Crippen LogP) is 2.43. The summed E-state index contributed by atoms with van der Waals surface area (Å²) >= 11 is 0. The van der Waals surface area contributed by atoms with E-state index in [0.29, 0.717) is 5.92 Å². The summed E-state index contributed by atoms with van der Waals surface area (Å²) in [7, 11) is 0. The third kappa shape index (κ3) is 3.32. The van der Waals surface area contributed by atoms with Gasteiger partial charge in [0.15, 0.2) is 0 Å². The number of ether oxygens (including phenoxy) is 1. The van der Waals surface area contributed by atoms with Crippen LogP contribution in [0.4, 0.5) is 0 Å². The molecular formula is C14H21NO. The van der Waals surface area contributed by atoms with Crippen LogP contribution in [0.2, 0.25) is 0 Å². The summed E-state index contributed by atoms with van der Waals surface area (Å²) in [4.78, 5) is 0. The van der Waals surface area contributed by atoms with Crippen molar-refractivity contribution in [2.24, 2.45) is 5.92 Å². The third-order valence-corrected chi connectivity index (χ3v) is 3.07. The maximum Gasteiger partial charge on any atom is 0.0717 e. The van der Waals surface area contributed by atoms with Crippen LogP contribution in [0.25, 0.3) is 0 Å². The molecule has 0 aliphatic carbocycles. The van der Waals surface area contributed by atoms with Gasteiger partial charge in [0.1, 0.15) is 0 Å². The molecule has 1 heterocycles. The SMILES string of the molecule is Cc1cc(C)cc(COCC2CCNC2)c1. The Morgan fingerprint density at radius 1 is 1.25 bits per heavy atom. The molecule has 1 aliphatic rings. The zero-order valence-electron chi connectivity index (χ0n) is 10.3. The summed E-state index contributed by atoms with van der Waals surface area (Å²) in [5, 5.41) is 3.36. The predicted molar refractivity (Wildman–Crippen MR) is 66.5 cm³/mol. The summed E-state index contributed by atoms with van der Waals surface area (Å²) in [6.45, 7) is 8.18. The van der Waals surface area contributed by atoms with E-state index in [1.807, 2.05) is 0 Å². The minimum atomic E-state index is 0.714. The van der Waals surface area contributed by atoms with Crippen LogP contribution in [0.15, 0.2) is 18.2 Å². The van der Waals surface area contributed by atoms with E-state index in [1.165, 1.54) is 23.1 Å². The van der Waals surface area contributed by atoms with Gasteiger partial charge in [-0.2, -0.15) is 0 Å². The molecule has 1 atom stereocenters. The van der Waals surface area contributed by atoms with E-state index >= 15 is 0 Å². The van der Waals surface area contributed by atoms with Gasteiger partial charge >= 0.3 is 0 Å². The van der Waals surface area contributed by atoms with Crippen LogP contribution < -0.4 is 5.32 Å². The van der Waals surface area contributed by atoms with E-state index in [1.54, 1.807) is 0 Å². The smallest absolute Gasteiger partial charge is 0.0717 e. The Kier molecular flexibility index (Phi) is 3.97. The number of aryl methyl sites for hydroxylation is 2. The molecule has 2 rings (SSSR count). The van der Waals surface area contributed by atoms with Gasteiger partial charge < -0.3 is 10.1 Å². The molecule has 0 amide bonds. The molecule has 0 saturated carbocycles. The summed E-state index contributed by atoms with van der Waals surface area (Å²) in [5.74, 6) is 0.714. The first kappa shape index (κ1) is 11.6. The van der Waals surface area contributed by atoms with Crippen molar-refractivity contribution in [3.05, 3.63) is 34.9 Å². The molecule has 1 N–H and O–H groups in total. The second-order valence-corrected chi connectivity index (χ2v) is 4.87. The second kappa shape index (κ2) is 5.46. The monoisotopic (exact) mass is 219 g/mol. The number of hydrogen-bond acceptors (Lipinski definition) is 2. The van der Waals surface area contributed by atoms with Crippen molar-refractivity contribution >= 4 is 0 Å². The van der Waals surface area contributed by atoms with Gasteiger partial charge in [0.05, 0.1) is 13.2 Å². The Labute approximate surface area is 98.0 Å². The van der Waals surface area contributed by atoms with Gasteiger partial charge in [-0.15, -0.1) is 0 Å². The molecule has 0 bridgehead atoms. The molecule has 1 unspecified atom stereocenters. The van der Waals surface area contributed by atoms with Crippen LogP contribution in [-0.4, -0.2) is 19.7 Å². The minimum Gasteiger partial charge on any atom is -0.376 e.